The van der Waals surface area contributed by atoms with Crippen molar-refractivity contribution >= 4 is 40.1 Å². The van der Waals surface area contributed by atoms with Gasteiger partial charge in [0.25, 0.3) is 0 Å². The molecule has 0 aliphatic heterocycles. The molecule has 0 atom stereocenters. The monoisotopic (exact) mass is 501 g/mol. The summed E-state index contributed by atoms with van der Waals surface area (Å²) in [6.07, 6.45) is 1.82. The number of ether oxygens (including phenoxy) is 2. The van der Waals surface area contributed by atoms with E-state index in [1.165, 1.54) is 23.1 Å². The number of esters is 1. The molecule has 0 radical (unpaired) electrons. The summed E-state index contributed by atoms with van der Waals surface area (Å²) in [6.45, 7) is 10.7. The number of amides is 1. The molecule has 180 valence electrons. The summed E-state index contributed by atoms with van der Waals surface area (Å²) in [6, 6.07) is 5.91. The Morgan fingerprint density at radius 2 is 2.12 bits per heavy atom. The van der Waals surface area contributed by atoms with Gasteiger partial charge in [-0.2, -0.15) is 0 Å². The first-order valence-corrected chi connectivity index (χ1v) is 12.5. The zero-order valence-corrected chi connectivity index (χ0v) is 21.0. The zero-order chi connectivity index (χ0) is 24.5. The van der Waals surface area contributed by atoms with Crippen LogP contribution in [0, 0.1) is 13.8 Å². The van der Waals surface area contributed by atoms with Crippen LogP contribution in [0.25, 0.3) is 0 Å². The van der Waals surface area contributed by atoms with Gasteiger partial charge in [0.1, 0.15) is 12.4 Å². The number of rotatable bonds is 12. The molecule has 1 amide bonds. The van der Waals surface area contributed by atoms with E-state index in [-0.39, 0.29) is 30.7 Å². The molecule has 2 heterocycles. The molecule has 0 spiro atoms. The molecule has 34 heavy (non-hydrogen) atoms. The smallest absolute Gasteiger partial charge is 0.311 e. The molecule has 9 nitrogen and oxygen atoms in total. The average molecular weight is 502 g/mol. The largest absolute Gasteiger partial charge is 0.485 e. The minimum Gasteiger partial charge on any atom is -0.485 e. The van der Waals surface area contributed by atoms with Crippen LogP contribution in [0.1, 0.15) is 29.6 Å². The Morgan fingerprint density at radius 1 is 1.29 bits per heavy atom. The number of thiazole rings is 1. The number of hydrogen-bond acceptors (Lipinski definition) is 9. The predicted octanol–water partition coefficient (Wildman–Crippen LogP) is 3.95. The Bertz CT molecular complexity index is 1160. The molecule has 0 saturated heterocycles. The van der Waals surface area contributed by atoms with Crippen LogP contribution in [0.5, 0.6) is 5.75 Å². The molecule has 0 saturated carbocycles. The molecule has 1 N–H and O–H groups in total. The Kier molecular flexibility index (Phi) is 9.23. The lowest BCUT2D eigenvalue weighted by atomic mass is 10.1. The van der Waals surface area contributed by atoms with Crippen molar-refractivity contribution in [3.63, 3.8) is 0 Å². The topological polar surface area (TPSA) is 108 Å². The van der Waals surface area contributed by atoms with E-state index in [1.807, 2.05) is 36.6 Å². The van der Waals surface area contributed by atoms with Gasteiger partial charge in [-0.05, 0) is 38.0 Å². The van der Waals surface area contributed by atoms with Crippen LogP contribution in [0.3, 0.4) is 0 Å². The summed E-state index contributed by atoms with van der Waals surface area (Å²) in [5.41, 5.74) is 2.79. The molecule has 0 aliphatic carbocycles. The Hall–Kier alpha value is -3.18. The molecule has 0 aliphatic rings. The third kappa shape index (κ3) is 6.91. The summed E-state index contributed by atoms with van der Waals surface area (Å²) in [7, 11) is 0. The van der Waals surface area contributed by atoms with E-state index in [9.17, 15) is 9.59 Å². The second kappa shape index (κ2) is 12.3. The molecule has 11 heteroatoms. The molecule has 1 aromatic carbocycles. The van der Waals surface area contributed by atoms with Crippen molar-refractivity contribution in [1.82, 2.24) is 19.7 Å². The number of nitrogens with one attached hydrogen (secondary N) is 1. The molecular weight excluding hydrogens is 474 g/mol. The second-order valence-corrected chi connectivity index (χ2v) is 9.05. The fraction of sp³-hybridized carbons (Fsp3) is 0.348. The third-order valence-electron chi connectivity index (χ3n) is 4.78. The van der Waals surface area contributed by atoms with Crippen molar-refractivity contribution in [2.24, 2.45) is 0 Å². The Balaban J connectivity index is 1.57. The van der Waals surface area contributed by atoms with E-state index in [1.54, 1.807) is 18.4 Å². The highest BCUT2D eigenvalue weighted by molar-refractivity contribution is 7.99. The van der Waals surface area contributed by atoms with Crippen molar-refractivity contribution in [2.75, 3.05) is 17.7 Å². The van der Waals surface area contributed by atoms with E-state index in [4.69, 9.17) is 9.47 Å². The van der Waals surface area contributed by atoms with Crippen molar-refractivity contribution in [3.05, 3.63) is 58.9 Å². The quantitative estimate of drug-likeness (QED) is 0.226. The van der Waals surface area contributed by atoms with Crippen molar-refractivity contribution in [1.29, 1.82) is 0 Å². The number of nitrogens with zero attached hydrogens (tertiary/aromatic N) is 4. The van der Waals surface area contributed by atoms with Crippen LogP contribution in [0.2, 0.25) is 0 Å². The van der Waals surface area contributed by atoms with E-state index >= 15 is 0 Å². The Morgan fingerprint density at radius 3 is 2.88 bits per heavy atom. The molecule has 0 fully saturated rings. The van der Waals surface area contributed by atoms with Gasteiger partial charge in [0, 0.05) is 11.9 Å². The normalized spacial score (nSPS) is 10.7. The number of thioether (sulfide) groups is 1. The van der Waals surface area contributed by atoms with Crippen LogP contribution in [-0.2, 0) is 33.9 Å². The van der Waals surface area contributed by atoms with Gasteiger partial charge in [0.15, 0.2) is 16.1 Å². The number of aromatic nitrogens is 4. The van der Waals surface area contributed by atoms with Crippen LogP contribution >= 0.6 is 23.1 Å². The summed E-state index contributed by atoms with van der Waals surface area (Å²) >= 11 is 2.52. The van der Waals surface area contributed by atoms with E-state index in [2.05, 4.69) is 27.1 Å². The number of allylic oxidation sites excluding steroid dienone is 1. The fourth-order valence-corrected chi connectivity index (χ4v) is 4.45. The van der Waals surface area contributed by atoms with Gasteiger partial charge in [0.2, 0.25) is 5.91 Å². The van der Waals surface area contributed by atoms with Crippen molar-refractivity contribution < 1.29 is 19.1 Å². The van der Waals surface area contributed by atoms with Crippen LogP contribution in [0.4, 0.5) is 5.13 Å². The highest BCUT2D eigenvalue weighted by atomic mass is 32.2. The number of carbonyl (C=O) groups excluding carboxylic acids is 2. The first-order chi connectivity index (χ1) is 16.4. The summed E-state index contributed by atoms with van der Waals surface area (Å²) in [4.78, 5) is 28.2. The predicted molar refractivity (Wildman–Crippen MR) is 132 cm³/mol. The maximum atomic E-state index is 12.4. The number of benzene rings is 1. The van der Waals surface area contributed by atoms with E-state index in [0.717, 1.165) is 16.9 Å². The highest BCUT2D eigenvalue weighted by Gasteiger charge is 2.16. The maximum absolute atomic E-state index is 12.4. The van der Waals surface area contributed by atoms with Gasteiger partial charge in [-0.15, -0.1) is 28.1 Å². The van der Waals surface area contributed by atoms with Gasteiger partial charge in [0.05, 0.1) is 24.5 Å². The molecule has 2 aromatic heterocycles. The second-order valence-electron chi connectivity index (χ2n) is 7.25. The van der Waals surface area contributed by atoms with E-state index < -0.39 is 0 Å². The molecule has 3 aromatic rings. The lowest BCUT2D eigenvalue weighted by molar-refractivity contribution is -0.142. The summed E-state index contributed by atoms with van der Waals surface area (Å²) in [5.74, 6) is 0.989. The lowest BCUT2D eigenvalue weighted by Crippen LogP contribution is -2.15. The fourth-order valence-electron chi connectivity index (χ4n) is 2.96. The lowest BCUT2D eigenvalue weighted by Gasteiger charge is -2.11. The Labute approximate surface area is 206 Å². The minimum absolute atomic E-state index is 0.0759. The first-order valence-electron chi connectivity index (χ1n) is 10.7. The van der Waals surface area contributed by atoms with Gasteiger partial charge < -0.3 is 14.8 Å². The van der Waals surface area contributed by atoms with Gasteiger partial charge >= 0.3 is 5.97 Å². The van der Waals surface area contributed by atoms with Crippen LogP contribution in [0.15, 0.2) is 41.4 Å². The van der Waals surface area contributed by atoms with Gasteiger partial charge in [-0.25, -0.2) is 4.98 Å². The molecule has 0 unspecified atom stereocenters. The summed E-state index contributed by atoms with van der Waals surface area (Å²) < 4.78 is 12.8. The number of aryl methyl sites for hydroxylation is 1. The number of anilines is 1. The average Bonchev–Trinajstić information content (AvgIpc) is 3.40. The van der Waals surface area contributed by atoms with Crippen molar-refractivity contribution in [2.45, 2.75) is 45.5 Å². The number of carbonyl (C=O) groups is 2. The maximum Gasteiger partial charge on any atom is 0.311 e. The van der Waals surface area contributed by atoms with Crippen LogP contribution in [-0.4, -0.2) is 44.0 Å². The van der Waals surface area contributed by atoms with Crippen molar-refractivity contribution in [3.8, 4) is 5.75 Å². The zero-order valence-electron chi connectivity index (χ0n) is 19.4. The molecule has 3 rings (SSSR count). The summed E-state index contributed by atoms with van der Waals surface area (Å²) in [5, 5.41) is 14.0. The van der Waals surface area contributed by atoms with E-state index in [0.29, 0.717) is 35.0 Å². The minimum atomic E-state index is -0.347. The van der Waals surface area contributed by atoms with Gasteiger partial charge in [-0.1, -0.05) is 30.0 Å². The van der Waals surface area contributed by atoms with Crippen LogP contribution < -0.4 is 10.1 Å². The molecular formula is C23H27N5O4S2. The standard InChI is InChI=1S/C23H27N5O4S2/c1-5-10-28-19(12-32-18-9-7-8-15(3)16(18)4)26-27-23(28)34-14-20(29)25-22-24-17(13-33-22)11-21(30)31-6-2/h5,7-9,13H,1,6,10-12,14H2,2-4H3,(H,24,25,29). The third-order valence-corrected chi connectivity index (χ3v) is 6.55. The SMILES string of the molecule is C=CCn1c(COc2cccc(C)c2C)nnc1SCC(=O)Nc1nc(CC(=O)OCC)cs1. The highest BCUT2D eigenvalue weighted by Crippen LogP contribution is 2.23. The molecule has 0 bridgehead atoms. The van der Waals surface area contributed by atoms with Gasteiger partial charge in [-0.3, -0.25) is 14.2 Å². The number of hydrogen-bond donors (Lipinski definition) is 1. The first kappa shape index (κ1) is 25.4.